The lowest BCUT2D eigenvalue weighted by Gasteiger charge is -1.88. The summed E-state index contributed by atoms with van der Waals surface area (Å²) in [6.45, 7) is 0. The summed E-state index contributed by atoms with van der Waals surface area (Å²) in [6.07, 6.45) is 1.60. The zero-order chi connectivity index (χ0) is 7.56. The molecule has 0 atom stereocenters. The number of rotatable bonds is 1. The van der Waals surface area contributed by atoms with Gasteiger partial charge in [0.15, 0.2) is 5.82 Å². The van der Waals surface area contributed by atoms with E-state index in [0.29, 0.717) is 0 Å². The number of hydrogen-bond acceptors (Lipinski definition) is 3. The van der Waals surface area contributed by atoms with Gasteiger partial charge in [0.25, 0.3) is 0 Å². The molecule has 0 amide bonds. The van der Waals surface area contributed by atoms with Gasteiger partial charge in [-0.15, -0.1) is 0 Å². The Bertz CT molecular complexity index is 246. The monoisotopic (exact) mass is 142 g/mol. The molecular formula is C5H3FN2O2. The van der Waals surface area contributed by atoms with Crippen molar-refractivity contribution in [2.45, 2.75) is 0 Å². The molecule has 0 saturated carbocycles. The Morgan fingerprint density at radius 2 is 2.00 bits per heavy atom. The maximum atomic E-state index is 12.0. The van der Waals surface area contributed by atoms with E-state index in [-0.39, 0.29) is 0 Å². The Labute approximate surface area is 55.4 Å². The highest BCUT2D eigenvalue weighted by Crippen LogP contribution is 1.91. The van der Waals surface area contributed by atoms with Crippen molar-refractivity contribution in [3.8, 4) is 0 Å². The van der Waals surface area contributed by atoms with Crippen LogP contribution in [0.5, 0.6) is 0 Å². The zero-order valence-corrected chi connectivity index (χ0v) is 4.78. The van der Waals surface area contributed by atoms with Gasteiger partial charge >= 0.3 is 5.97 Å². The molecule has 0 aliphatic carbocycles. The number of aromatic nitrogens is 2. The van der Waals surface area contributed by atoms with Gasteiger partial charge in [0.05, 0.1) is 12.4 Å². The van der Waals surface area contributed by atoms with Crippen LogP contribution in [0.1, 0.15) is 10.6 Å². The predicted molar refractivity (Wildman–Crippen MR) is 28.9 cm³/mol. The number of hydrogen-bond donors (Lipinski definition) is 1. The third-order valence-electron chi connectivity index (χ3n) is 0.812. The topological polar surface area (TPSA) is 63.1 Å². The van der Waals surface area contributed by atoms with E-state index in [9.17, 15) is 9.18 Å². The van der Waals surface area contributed by atoms with Crippen LogP contribution in [-0.2, 0) is 0 Å². The molecule has 1 aromatic rings. The smallest absolute Gasteiger partial charge is 0.373 e. The second-order valence-electron chi connectivity index (χ2n) is 1.53. The van der Waals surface area contributed by atoms with Crippen LogP contribution in [0, 0.1) is 5.82 Å². The van der Waals surface area contributed by atoms with E-state index in [1.54, 1.807) is 0 Å². The van der Waals surface area contributed by atoms with Gasteiger partial charge in [-0.3, -0.25) is 0 Å². The van der Waals surface area contributed by atoms with Gasteiger partial charge in [-0.05, 0) is 0 Å². The van der Waals surface area contributed by atoms with Gasteiger partial charge in [0.2, 0.25) is 5.82 Å². The quantitative estimate of drug-likeness (QED) is 0.613. The van der Waals surface area contributed by atoms with Crippen molar-refractivity contribution in [3.63, 3.8) is 0 Å². The average molecular weight is 142 g/mol. The summed E-state index contributed by atoms with van der Waals surface area (Å²) in [4.78, 5) is 16.4. The summed E-state index contributed by atoms with van der Waals surface area (Å²) in [5.41, 5.74) is 0. The minimum Gasteiger partial charge on any atom is -0.475 e. The van der Waals surface area contributed by atoms with Crippen LogP contribution >= 0.6 is 0 Å². The molecule has 0 radical (unpaired) electrons. The van der Waals surface area contributed by atoms with E-state index < -0.39 is 17.6 Å². The Morgan fingerprint density at radius 3 is 2.40 bits per heavy atom. The van der Waals surface area contributed by atoms with Crippen LogP contribution in [0.25, 0.3) is 0 Å². The van der Waals surface area contributed by atoms with Crippen molar-refractivity contribution in [2.75, 3.05) is 0 Å². The fourth-order valence-electron chi connectivity index (χ4n) is 0.423. The molecule has 0 spiro atoms. The highest BCUT2D eigenvalue weighted by atomic mass is 19.1. The zero-order valence-electron chi connectivity index (χ0n) is 4.78. The van der Waals surface area contributed by atoms with Crippen molar-refractivity contribution in [3.05, 3.63) is 24.0 Å². The molecule has 0 saturated heterocycles. The summed E-state index contributed by atoms with van der Waals surface area (Å²) < 4.78 is 12.0. The molecule has 1 rings (SSSR count). The van der Waals surface area contributed by atoms with Crippen molar-refractivity contribution in [2.24, 2.45) is 0 Å². The number of carboxylic acid groups (broad SMARTS) is 1. The summed E-state index contributed by atoms with van der Waals surface area (Å²) in [7, 11) is 0. The van der Waals surface area contributed by atoms with Crippen molar-refractivity contribution >= 4 is 5.97 Å². The molecule has 0 bridgehead atoms. The molecule has 1 N–H and O–H groups in total. The maximum absolute atomic E-state index is 12.0. The lowest BCUT2D eigenvalue weighted by atomic mass is 10.5. The van der Waals surface area contributed by atoms with Crippen LogP contribution in [0.4, 0.5) is 4.39 Å². The lowest BCUT2D eigenvalue weighted by molar-refractivity contribution is 0.0683. The van der Waals surface area contributed by atoms with Gasteiger partial charge in [-0.2, -0.15) is 0 Å². The first kappa shape index (κ1) is 6.60. The molecule has 0 fully saturated rings. The molecule has 4 nitrogen and oxygen atoms in total. The van der Waals surface area contributed by atoms with E-state index in [4.69, 9.17) is 5.11 Å². The minimum absolute atomic E-state index is 0.401. The van der Waals surface area contributed by atoms with E-state index in [1.807, 2.05) is 0 Å². The predicted octanol–water partition coefficient (Wildman–Crippen LogP) is 0.314. The third-order valence-corrected chi connectivity index (χ3v) is 0.812. The van der Waals surface area contributed by atoms with Crippen LogP contribution in [0.15, 0.2) is 12.4 Å². The van der Waals surface area contributed by atoms with Crippen LogP contribution < -0.4 is 0 Å². The molecule has 1 aromatic heterocycles. The fourth-order valence-corrected chi connectivity index (χ4v) is 0.423. The first-order valence-electron chi connectivity index (χ1n) is 2.41. The molecule has 0 unspecified atom stereocenters. The van der Waals surface area contributed by atoms with Crippen LogP contribution in [0.2, 0.25) is 0 Å². The SMILES string of the molecule is O=C(O)c1ncc(F)cn1. The summed E-state index contributed by atoms with van der Waals surface area (Å²) in [5, 5.41) is 8.23. The number of nitrogens with zero attached hydrogens (tertiary/aromatic N) is 2. The lowest BCUT2D eigenvalue weighted by Crippen LogP contribution is -2.03. The van der Waals surface area contributed by atoms with Gasteiger partial charge < -0.3 is 5.11 Å². The van der Waals surface area contributed by atoms with Gasteiger partial charge in [0.1, 0.15) is 0 Å². The standard InChI is InChI=1S/C5H3FN2O2/c6-3-1-7-4(5(9)10)8-2-3/h1-2H,(H,9,10). The molecule has 52 valence electrons. The second kappa shape index (κ2) is 2.38. The number of aromatic carboxylic acids is 1. The third kappa shape index (κ3) is 1.25. The van der Waals surface area contributed by atoms with Crippen LogP contribution in [0.3, 0.4) is 0 Å². The van der Waals surface area contributed by atoms with Gasteiger partial charge in [-0.25, -0.2) is 19.2 Å². The number of halogens is 1. The molecule has 0 aliphatic heterocycles. The summed E-state index contributed by atoms with van der Waals surface area (Å²) >= 11 is 0. The van der Waals surface area contributed by atoms with Crippen molar-refractivity contribution in [1.82, 2.24) is 9.97 Å². The first-order chi connectivity index (χ1) is 4.70. The van der Waals surface area contributed by atoms with Gasteiger partial charge in [-0.1, -0.05) is 0 Å². The van der Waals surface area contributed by atoms with E-state index >= 15 is 0 Å². The molecule has 10 heavy (non-hydrogen) atoms. The molecule has 5 heteroatoms. The Kier molecular flexibility index (Phi) is 1.57. The van der Waals surface area contributed by atoms with Gasteiger partial charge in [0, 0.05) is 0 Å². The molecular weight excluding hydrogens is 139 g/mol. The normalized spacial score (nSPS) is 9.30. The van der Waals surface area contributed by atoms with Crippen molar-refractivity contribution in [1.29, 1.82) is 0 Å². The van der Waals surface area contributed by atoms with Crippen molar-refractivity contribution < 1.29 is 14.3 Å². The van der Waals surface area contributed by atoms with E-state index in [1.165, 1.54) is 0 Å². The summed E-state index contributed by atoms with van der Waals surface area (Å²) in [6, 6.07) is 0. The maximum Gasteiger partial charge on any atom is 0.373 e. The number of carboxylic acids is 1. The Hall–Kier alpha value is -1.52. The highest BCUT2D eigenvalue weighted by Gasteiger charge is 2.04. The van der Waals surface area contributed by atoms with E-state index in [0.717, 1.165) is 12.4 Å². The fraction of sp³-hybridized carbons (Fsp3) is 0. The molecule has 0 aromatic carbocycles. The van der Waals surface area contributed by atoms with E-state index in [2.05, 4.69) is 9.97 Å². The Balaban J connectivity index is 3.00. The van der Waals surface area contributed by atoms with Crippen LogP contribution in [-0.4, -0.2) is 21.0 Å². The second-order valence-corrected chi connectivity index (χ2v) is 1.53. The molecule has 1 heterocycles. The average Bonchev–Trinajstić information content (AvgIpc) is 1.88. The molecule has 0 aliphatic rings. The first-order valence-corrected chi connectivity index (χ1v) is 2.41. The minimum atomic E-state index is -1.26. The highest BCUT2D eigenvalue weighted by molar-refractivity contribution is 5.82. The Morgan fingerprint density at radius 1 is 1.50 bits per heavy atom. The number of carbonyl (C=O) groups is 1. The summed E-state index contributed by atoms with van der Waals surface area (Å²) in [5.74, 6) is -2.31. The largest absolute Gasteiger partial charge is 0.475 e.